The molecule has 20 heavy (non-hydrogen) atoms. The van der Waals surface area contributed by atoms with Crippen molar-refractivity contribution >= 4 is 34.4 Å². The maximum Gasteiger partial charge on any atom is 0.244 e. The van der Waals surface area contributed by atoms with Crippen molar-refractivity contribution in [2.75, 3.05) is 0 Å². The van der Waals surface area contributed by atoms with E-state index < -0.39 is 0 Å². The number of rotatable bonds is 4. The largest absolute Gasteiger partial charge is 0.361 e. The van der Waals surface area contributed by atoms with Crippen LogP contribution in [-0.4, -0.2) is 17.1 Å². The molecule has 100 valence electrons. The minimum atomic E-state index is -0.123. The zero-order valence-electron chi connectivity index (χ0n) is 10.7. The Hall–Kier alpha value is -2.40. The van der Waals surface area contributed by atoms with Gasteiger partial charge in [0.1, 0.15) is 0 Å². The second kappa shape index (κ2) is 5.71. The van der Waals surface area contributed by atoms with Gasteiger partial charge in [0, 0.05) is 22.0 Å². The predicted molar refractivity (Wildman–Crippen MR) is 82.1 cm³/mol. The number of aromatic nitrogens is 1. The van der Waals surface area contributed by atoms with Crippen LogP contribution in [0.4, 0.5) is 0 Å². The fraction of sp³-hybridized carbons (Fsp3) is 0.0667. The normalized spacial score (nSPS) is 11.2. The second-order valence-corrected chi connectivity index (χ2v) is 5.32. The molecule has 0 spiro atoms. The molecule has 0 fully saturated rings. The first-order chi connectivity index (χ1) is 9.83. The summed E-state index contributed by atoms with van der Waals surface area (Å²) in [5.74, 6) is -0.123. The summed E-state index contributed by atoms with van der Waals surface area (Å²) in [6.45, 7) is 0. The maximum atomic E-state index is 11.8. The van der Waals surface area contributed by atoms with E-state index in [9.17, 15) is 4.79 Å². The molecule has 0 aliphatic heterocycles. The summed E-state index contributed by atoms with van der Waals surface area (Å²) < 4.78 is 0. The van der Waals surface area contributed by atoms with Crippen LogP contribution in [0.25, 0.3) is 10.9 Å². The Kier molecular flexibility index (Phi) is 3.60. The highest BCUT2D eigenvalue weighted by atomic mass is 32.1. The van der Waals surface area contributed by atoms with Gasteiger partial charge in [0.2, 0.25) is 5.91 Å². The molecule has 0 aliphatic rings. The quantitative estimate of drug-likeness (QED) is 0.561. The fourth-order valence-electron chi connectivity index (χ4n) is 2.02. The standard InChI is InChI=1S/C15H13N3OS/c19-15(18-17-10-12-4-3-7-20-12)8-11-9-16-14-6-2-1-5-13(11)14/h1-7,9-10,16H,8H2,(H,18,19)/b17-10-. The number of H-pyrrole nitrogens is 1. The van der Waals surface area contributed by atoms with E-state index in [2.05, 4.69) is 15.5 Å². The molecule has 0 unspecified atom stereocenters. The molecule has 2 heterocycles. The molecule has 0 atom stereocenters. The number of hydrazone groups is 1. The van der Waals surface area contributed by atoms with Gasteiger partial charge < -0.3 is 4.98 Å². The van der Waals surface area contributed by atoms with Crippen LogP contribution < -0.4 is 5.43 Å². The number of carbonyl (C=O) groups is 1. The predicted octanol–water partition coefficient (Wildman–Crippen LogP) is 2.92. The molecule has 2 N–H and O–H groups in total. The van der Waals surface area contributed by atoms with Gasteiger partial charge in [0.25, 0.3) is 0 Å². The molecule has 1 amide bonds. The van der Waals surface area contributed by atoms with Gasteiger partial charge in [-0.15, -0.1) is 11.3 Å². The lowest BCUT2D eigenvalue weighted by Crippen LogP contribution is -2.19. The summed E-state index contributed by atoms with van der Waals surface area (Å²) >= 11 is 1.58. The van der Waals surface area contributed by atoms with Gasteiger partial charge in [-0.1, -0.05) is 24.3 Å². The first kappa shape index (κ1) is 12.6. The Morgan fingerprint density at radius 3 is 3.05 bits per heavy atom. The van der Waals surface area contributed by atoms with E-state index in [1.807, 2.05) is 48.0 Å². The average molecular weight is 283 g/mol. The number of carbonyl (C=O) groups excluding carboxylic acids is 1. The molecular weight excluding hydrogens is 270 g/mol. The van der Waals surface area contributed by atoms with Crippen molar-refractivity contribution < 1.29 is 4.79 Å². The van der Waals surface area contributed by atoms with Crippen LogP contribution in [0.1, 0.15) is 10.4 Å². The Balaban J connectivity index is 1.64. The average Bonchev–Trinajstić information content (AvgIpc) is 3.09. The summed E-state index contributed by atoms with van der Waals surface area (Å²) in [6.07, 6.45) is 3.83. The second-order valence-electron chi connectivity index (χ2n) is 4.34. The highest BCUT2D eigenvalue weighted by Gasteiger charge is 2.07. The lowest BCUT2D eigenvalue weighted by atomic mass is 10.1. The Bertz CT molecular complexity index is 743. The van der Waals surface area contributed by atoms with E-state index in [0.29, 0.717) is 6.42 Å². The van der Waals surface area contributed by atoms with Crippen molar-refractivity contribution in [3.8, 4) is 0 Å². The van der Waals surface area contributed by atoms with E-state index in [-0.39, 0.29) is 5.91 Å². The zero-order valence-corrected chi connectivity index (χ0v) is 11.5. The summed E-state index contributed by atoms with van der Waals surface area (Å²) in [6, 6.07) is 11.8. The van der Waals surface area contributed by atoms with Crippen LogP contribution in [0.3, 0.4) is 0 Å². The third-order valence-electron chi connectivity index (χ3n) is 2.95. The Morgan fingerprint density at radius 1 is 1.30 bits per heavy atom. The molecular formula is C15H13N3OS. The van der Waals surface area contributed by atoms with Crippen molar-refractivity contribution in [1.29, 1.82) is 0 Å². The molecule has 3 rings (SSSR count). The SMILES string of the molecule is O=C(Cc1c[nH]c2ccccc12)N/N=C\c1cccs1. The summed E-state index contributed by atoms with van der Waals surface area (Å²) in [5.41, 5.74) is 4.56. The van der Waals surface area contributed by atoms with Gasteiger partial charge in [-0.25, -0.2) is 5.43 Å². The van der Waals surface area contributed by atoms with E-state index in [1.165, 1.54) is 0 Å². The minimum Gasteiger partial charge on any atom is -0.361 e. The maximum absolute atomic E-state index is 11.8. The molecule has 0 saturated heterocycles. The first-order valence-corrected chi connectivity index (χ1v) is 7.11. The summed E-state index contributed by atoms with van der Waals surface area (Å²) in [5, 5.41) is 6.99. The summed E-state index contributed by atoms with van der Waals surface area (Å²) in [7, 11) is 0. The molecule has 3 aromatic rings. The van der Waals surface area contributed by atoms with E-state index in [1.54, 1.807) is 17.6 Å². The topological polar surface area (TPSA) is 57.2 Å². The molecule has 4 nitrogen and oxygen atoms in total. The number of nitrogens with zero attached hydrogens (tertiary/aromatic N) is 1. The van der Waals surface area contributed by atoms with Crippen molar-refractivity contribution in [1.82, 2.24) is 10.4 Å². The molecule has 0 aliphatic carbocycles. The van der Waals surface area contributed by atoms with E-state index in [0.717, 1.165) is 21.3 Å². The molecule has 0 radical (unpaired) electrons. The number of hydrogen-bond donors (Lipinski definition) is 2. The number of benzene rings is 1. The molecule has 1 aromatic carbocycles. The van der Waals surface area contributed by atoms with Gasteiger partial charge in [0.05, 0.1) is 12.6 Å². The highest BCUT2D eigenvalue weighted by molar-refractivity contribution is 7.11. The van der Waals surface area contributed by atoms with Crippen LogP contribution in [0.2, 0.25) is 0 Å². The van der Waals surface area contributed by atoms with E-state index in [4.69, 9.17) is 0 Å². The lowest BCUT2D eigenvalue weighted by Gasteiger charge is -1.98. The van der Waals surface area contributed by atoms with Gasteiger partial charge in [-0.2, -0.15) is 5.10 Å². The van der Waals surface area contributed by atoms with Gasteiger partial charge >= 0.3 is 0 Å². The molecule has 0 saturated carbocycles. The lowest BCUT2D eigenvalue weighted by molar-refractivity contribution is -0.120. The Labute approximate surface area is 120 Å². The van der Waals surface area contributed by atoms with Crippen LogP contribution >= 0.6 is 11.3 Å². The number of nitrogens with one attached hydrogen (secondary N) is 2. The number of thiophene rings is 1. The summed E-state index contributed by atoms with van der Waals surface area (Å²) in [4.78, 5) is 16.0. The van der Waals surface area contributed by atoms with Crippen LogP contribution in [-0.2, 0) is 11.2 Å². The number of fused-ring (bicyclic) bond motifs is 1. The molecule has 5 heteroatoms. The number of hydrogen-bond acceptors (Lipinski definition) is 3. The van der Waals surface area contributed by atoms with Crippen LogP contribution in [0.15, 0.2) is 53.1 Å². The highest BCUT2D eigenvalue weighted by Crippen LogP contribution is 2.17. The van der Waals surface area contributed by atoms with Crippen molar-refractivity contribution in [3.05, 3.63) is 58.4 Å². The first-order valence-electron chi connectivity index (χ1n) is 6.23. The number of amides is 1. The van der Waals surface area contributed by atoms with Crippen molar-refractivity contribution in [3.63, 3.8) is 0 Å². The third-order valence-corrected chi connectivity index (χ3v) is 3.76. The molecule has 0 bridgehead atoms. The smallest absolute Gasteiger partial charge is 0.244 e. The third kappa shape index (κ3) is 2.78. The van der Waals surface area contributed by atoms with Gasteiger partial charge in [-0.3, -0.25) is 4.79 Å². The minimum absolute atomic E-state index is 0.123. The fourth-order valence-corrected chi connectivity index (χ4v) is 2.61. The van der Waals surface area contributed by atoms with Gasteiger partial charge in [0.15, 0.2) is 0 Å². The van der Waals surface area contributed by atoms with Crippen molar-refractivity contribution in [2.45, 2.75) is 6.42 Å². The number of aromatic amines is 1. The zero-order chi connectivity index (χ0) is 13.8. The van der Waals surface area contributed by atoms with Crippen molar-refractivity contribution in [2.24, 2.45) is 5.10 Å². The number of para-hydroxylation sites is 1. The molecule has 2 aromatic heterocycles. The van der Waals surface area contributed by atoms with Gasteiger partial charge in [-0.05, 0) is 23.1 Å². The van der Waals surface area contributed by atoms with Crippen LogP contribution in [0.5, 0.6) is 0 Å². The monoisotopic (exact) mass is 283 g/mol. The van der Waals surface area contributed by atoms with Crippen LogP contribution in [0, 0.1) is 0 Å². The van der Waals surface area contributed by atoms with E-state index >= 15 is 0 Å². The Morgan fingerprint density at radius 2 is 2.20 bits per heavy atom.